The molecule has 0 radical (unpaired) electrons. The van der Waals surface area contributed by atoms with E-state index >= 15 is 0 Å². The number of carbonyl (C=O) groups excluding carboxylic acids is 2. The quantitative estimate of drug-likeness (QED) is 0.851. The number of anilines is 1. The Kier molecular flexibility index (Phi) is 5.51. The fourth-order valence-electron chi connectivity index (χ4n) is 1.52. The minimum absolute atomic E-state index is 0.0162. The van der Waals surface area contributed by atoms with Crippen molar-refractivity contribution in [3.63, 3.8) is 0 Å². The molecule has 0 aliphatic carbocycles. The third kappa shape index (κ3) is 4.71. The molecule has 0 aromatic heterocycles. The molecular weight excluding hydrogens is 244 g/mol. The summed E-state index contributed by atoms with van der Waals surface area (Å²) in [6, 6.07) is 5.12. The van der Waals surface area contributed by atoms with Crippen LogP contribution in [0.5, 0.6) is 0 Å². The molecule has 19 heavy (non-hydrogen) atoms. The first-order valence-electron chi connectivity index (χ1n) is 6.18. The second kappa shape index (κ2) is 6.89. The van der Waals surface area contributed by atoms with E-state index < -0.39 is 0 Å². The molecule has 0 bridgehead atoms. The molecule has 104 valence electrons. The summed E-state index contributed by atoms with van der Waals surface area (Å²) in [6.45, 7) is 5.60. The normalized spacial score (nSPS) is 10.4. The second-order valence-corrected chi connectivity index (χ2v) is 4.52. The first-order valence-corrected chi connectivity index (χ1v) is 6.18. The van der Waals surface area contributed by atoms with Crippen LogP contribution in [0.4, 0.5) is 5.69 Å². The first kappa shape index (κ1) is 15.2. The summed E-state index contributed by atoms with van der Waals surface area (Å²) in [5.74, 6) is -0.353. The molecule has 0 aliphatic rings. The minimum atomic E-state index is -0.204. The van der Waals surface area contributed by atoms with E-state index in [4.69, 9.17) is 4.74 Å². The molecule has 0 saturated carbocycles. The first-order chi connectivity index (χ1) is 8.93. The van der Waals surface area contributed by atoms with E-state index in [-0.39, 0.29) is 24.5 Å². The van der Waals surface area contributed by atoms with Crippen LogP contribution in [0.2, 0.25) is 0 Å². The molecule has 0 saturated heterocycles. The van der Waals surface area contributed by atoms with Gasteiger partial charge in [0.05, 0.1) is 6.10 Å². The van der Waals surface area contributed by atoms with Gasteiger partial charge in [0, 0.05) is 18.3 Å². The molecule has 2 amide bonds. The van der Waals surface area contributed by atoms with Gasteiger partial charge in [-0.3, -0.25) is 9.59 Å². The number of aryl methyl sites for hydroxylation is 1. The highest BCUT2D eigenvalue weighted by Crippen LogP contribution is 2.16. The van der Waals surface area contributed by atoms with E-state index in [9.17, 15) is 9.59 Å². The van der Waals surface area contributed by atoms with Crippen LogP contribution < -0.4 is 10.6 Å². The Hall–Kier alpha value is -1.88. The maximum Gasteiger partial charge on any atom is 0.251 e. The molecular formula is C14H20N2O3. The van der Waals surface area contributed by atoms with E-state index in [1.807, 2.05) is 20.8 Å². The number of hydrogen-bond donors (Lipinski definition) is 2. The number of nitrogens with one attached hydrogen (secondary N) is 2. The van der Waals surface area contributed by atoms with Crippen molar-refractivity contribution < 1.29 is 14.3 Å². The summed E-state index contributed by atoms with van der Waals surface area (Å²) < 4.78 is 5.22. The molecule has 5 nitrogen and oxygen atoms in total. The average molecular weight is 264 g/mol. The van der Waals surface area contributed by atoms with E-state index in [0.717, 1.165) is 5.56 Å². The Morgan fingerprint density at radius 2 is 2.00 bits per heavy atom. The van der Waals surface area contributed by atoms with Crippen molar-refractivity contribution in [3.05, 3.63) is 29.3 Å². The van der Waals surface area contributed by atoms with Crippen LogP contribution in [0.3, 0.4) is 0 Å². The predicted molar refractivity (Wildman–Crippen MR) is 74.3 cm³/mol. The third-order valence-electron chi connectivity index (χ3n) is 2.54. The number of ether oxygens (including phenoxy) is 1. The van der Waals surface area contributed by atoms with Crippen molar-refractivity contribution in [3.8, 4) is 0 Å². The monoisotopic (exact) mass is 264 g/mol. The van der Waals surface area contributed by atoms with Gasteiger partial charge in [-0.25, -0.2) is 0 Å². The third-order valence-corrected chi connectivity index (χ3v) is 2.54. The predicted octanol–water partition coefficient (Wildman–Crippen LogP) is 1.72. The Morgan fingerprint density at radius 1 is 1.32 bits per heavy atom. The number of rotatable bonds is 5. The van der Waals surface area contributed by atoms with Gasteiger partial charge in [-0.2, -0.15) is 0 Å². The Balaban J connectivity index is 2.69. The highest BCUT2D eigenvalue weighted by Gasteiger charge is 2.09. The Bertz CT molecular complexity index is 470. The molecule has 0 heterocycles. The van der Waals surface area contributed by atoms with Crippen molar-refractivity contribution in [2.45, 2.75) is 26.9 Å². The Morgan fingerprint density at radius 3 is 2.53 bits per heavy atom. The fraction of sp³-hybridized carbons (Fsp3) is 0.429. The minimum Gasteiger partial charge on any atom is -0.369 e. The van der Waals surface area contributed by atoms with E-state index in [1.54, 1.807) is 25.2 Å². The summed E-state index contributed by atoms with van der Waals surface area (Å²) in [5.41, 5.74) is 2.08. The molecule has 5 heteroatoms. The van der Waals surface area contributed by atoms with Crippen molar-refractivity contribution in [2.75, 3.05) is 19.0 Å². The van der Waals surface area contributed by atoms with Crippen LogP contribution in [0, 0.1) is 6.92 Å². The highest BCUT2D eigenvalue weighted by atomic mass is 16.5. The lowest BCUT2D eigenvalue weighted by Crippen LogP contribution is -2.21. The van der Waals surface area contributed by atoms with Gasteiger partial charge in [-0.05, 0) is 44.5 Å². The molecule has 0 unspecified atom stereocenters. The standard InChI is InChI=1S/C14H20N2O3/c1-9(2)19-8-13(17)16-12-6-5-11(7-10(12)3)14(18)15-4/h5-7,9H,8H2,1-4H3,(H,15,18)(H,16,17). The maximum atomic E-state index is 11.6. The van der Waals surface area contributed by atoms with Crippen LogP contribution in [0.15, 0.2) is 18.2 Å². The van der Waals surface area contributed by atoms with E-state index in [2.05, 4.69) is 10.6 Å². The molecule has 0 spiro atoms. The fourth-order valence-corrected chi connectivity index (χ4v) is 1.52. The number of benzene rings is 1. The topological polar surface area (TPSA) is 67.4 Å². The lowest BCUT2D eigenvalue weighted by atomic mass is 10.1. The van der Waals surface area contributed by atoms with Crippen LogP contribution in [0.1, 0.15) is 29.8 Å². The molecule has 0 aliphatic heterocycles. The largest absolute Gasteiger partial charge is 0.369 e. The molecule has 2 N–H and O–H groups in total. The van der Waals surface area contributed by atoms with Crippen molar-refractivity contribution in [1.82, 2.24) is 5.32 Å². The molecule has 1 aromatic rings. The van der Waals surface area contributed by atoms with Crippen LogP contribution >= 0.6 is 0 Å². The smallest absolute Gasteiger partial charge is 0.251 e. The van der Waals surface area contributed by atoms with Crippen molar-refractivity contribution >= 4 is 17.5 Å². The van der Waals surface area contributed by atoms with Gasteiger partial charge in [0.1, 0.15) is 6.61 Å². The zero-order valence-electron chi connectivity index (χ0n) is 11.7. The van der Waals surface area contributed by atoms with Gasteiger partial charge in [-0.1, -0.05) is 0 Å². The van der Waals surface area contributed by atoms with Crippen molar-refractivity contribution in [1.29, 1.82) is 0 Å². The molecule has 1 aromatic carbocycles. The molecule has 0 atom stereocenters. The number of carbonyl (C=O) groups is 2. The SMILES string of the molecule is CNC(=O)c1ccc(NC(=O)COC(C)C)c(C)c1. The van der Waals surface area contributed by atoms with Crippen LogP contribution in [-0.4, -0.2) is 31.6 Å². The maximum absolute atomic E-state index is 11.6. The number of hydrogen-bond acceptors (Lipinski definition) is 3. The Labute approximate surface area is 113 Å². The van der Waals surface area contributed by atoms with E-state index in [0.29, 0.717) is 11.3 Å². The molecule has 0 fully saturated rings. The van der Waals surface area contributed by atoms with Gasteiger partial charge < -0.3 is 15.4 Å². The zero-order chi connectivity index (χ0) is 14.4. The molecule has 1 rings (SSSR count). The lowest BCUT2D eigenvalue weighted by molar-refractivity contribution is -0.121. The summed E-state index contributed by atoms with van der Waals surface area (Å²) >= 11 is 0. The van der Waals surface area contributed by atoms with Gasteiger partial charge in [0.25, 0.3) is 5.91 Å². The summed E-state index contributed by atoms with van der Waals surface area (Å²) in [7, 11) is 1.58. The lowest BCUT2D eigenvalue weighted by Gasteiger charge is -2.11. The summed E-state index contributed by atoms with van der Waals surface area (Å²) in [5, 5.41) is 5.31. The van der Waals surface area contributed by atoms with Crippen LogP contribution in [0.25, 0.3) is 0 Å². The summed E-state index contributed by atoms with van der Waals surface area (Å²) in [4.78, 5) is 23.1. The van der Waals surface area contributed by atoms with Crippen LogP contribution in [-0.2, 0) is 9.53 Å². The van der Waals surface area contributed by atoms with Gasteiger partial charge >= 0.3 is 0 Å². The zero-order valence-corrected chi connectivity index (χ0v) is 11.7. The summed E-state index contributed by atoms with van der Waals surface area (Å²) in [6.07, 6.45) is 0.0162. The average Bonchev–Trinajstić information content (AvgIpc) is 2.37. The van der Waals surface area contributed by atoms with Gasteiger partial charge in [0.2, 0.25) is 5.91 Å². The van der Waals surface area contributed by atoms with Crippen molar-refractivity contribution in [2.24, 2.45) is 0 Å². The van der Waals surface area contributed by atoms with E-state index in [1.165, 1.54) is 0 Å². The van der Waals surface area contributed by atoms with Gasteiger partial charge in [-0.15, -0.1) is 0 Å². The van der Waals surface area contributed by atoms with Gasteiger partial charge in [0.15, 0.2) is 0 Å². The second-order valence-electron chi connectivity index (χ2n) is 4.52. The highest BCUT2D eigenvalue weighted by molar-refractivity contribution is 5.96. The number of amides is 2.